The molecule has 0 radical (unpaired) electrons. The zero-order valence-corrected chi connectivity index (χ0v) is 12.5. The van der Waals surface area contributed by atoms with E-state index in [1.165, 1.54) is 32.2 Å². The standard InChI is InChI=1S/C15H32N2/c1-12(15(3,4)5)11-17-13(2)10-14-8-6-7-9-16-14/h12-14,16-17H,6-11H2,1-5H3. The fraction of sp³-hybridized carbons (Fsp3) is 1.00. The van der Waals surface area contributed by atoms with Gasteiger partial charge in [-0.3, -0.25) is 0 Å². The van der Waals surface area contributed by atoms with Crippen molar-refractivity contribution in [1.82, 2.24) is 10.6 Å². The average molecular weight is 240 g/mol. The number of hydrogen-bond acceptors (Lipinski definition) is 2. The van der Waals surface area contributed by atoms with Gasteiger partial charge in [0.25, 0.3) is 0 Å². The lowest BCUT2D eigenvalue weighted by molar-refractivity contribution is 0.240. The molecule has 1 aliphatic heterocycles. The molecule has 0 aromatic rings. The normalized spacial score (nSPS) is 25.6. The van der Waals surface area contributed by atoms with E-state index < -0.39 is 0 Å². The van der Waals surface area contributed by atoms with Crippen molar-refractivity contribution in [2.24, 2.45) is 11.3 Å². The summed E-state index contributed by atoms with van der Waals surface area (Å²) in [6.45, 7) is 14.0. The van der Waals surface area contributed by atoms with E-state index in [4.69, 9.17) is 0 Å². The Kier molecular flexibility index (Phi) is 5.94. The van der Waals surface area contributed by atoms with Crippen molar-refractivity contribution in [3.8, 4) is 0 Å². The Morgan fingerprint density at radius 1 is 1.24 bits per heavy atom. The summed E-state index contributed by atoms with van der Waals surface area (Å²) in [6.07, 6.45) is 5.40. The molecule has 1 heterocycles. The molecule has 17 heavy (non-hydrogen) atoms. The van der Waals surface area contributed by atoms with Crippen molar-refractivity contribution in [1.29, 1.82) is 0 Å². The Morgan fingerprint density at radius 3 is 2.47 bits per heavy atom. The van der Waals surface area contributed by atoms with Crippen molar-refractivity contribution in [3.05, 3.63) is 0 Å². The molecule has 102 valence electrons. The second kappa shape index (κ2) is 6.75. The van der Waals surface area contributed by atoms with Crippen LogP contribution in [0.5, 0.6) is 0 Å². The molecular formula is C15H32N2. The first kappa shape index (κ1) is 15.0. The fourth-order valence-corrected chi connectivity index (χ4v) is 2.32. The first-order valence-electron chi connectivity index (χ1n) is 7.36. The molecule has 0 amide bonds. The molecule has 1 saturated heterocycles. The minimum atomic E-state index is 0.413. The highest BCUT2D eigenvalue weighted by molar-refractivity contribution is 4.79. The Labute approximate surface area is 108 Å². The van der Waals surface area contributed by atoms with Gasteiger partial charge < -0.3 is 10.6 Å². The molecule has 0 aliphatic carbocycles. The van der Waals surface area contributed by atoms with Gasteiger partial charge in [-0.2, -0.15) is 0 Å². The third kappa shape index (κ3) is 5.87. The molecular weight excluding hydrogens is 208 g/mol. The summed E-state index contributed by atoms with van der Waals surface area (Å²) in [5.41, 5.74) is 0.413. The van der Waals surface area contributed by atoms with E-state index in [0.717, 1.165) is 18.5 Å². The summed E-state index contributed by atoms with van der Waals surface area (Å²) < 4.78 is 0. The van der Waals surface area contributed by atoms with Crippen LogP contribution in [0.4, 0.5) is 0 Å². The van der Waals surface area contributed by atoms with Crippen LogP contribution in [0, 0.1) is 11.3 Å². The molecule has 0 aromatic heterocycles. The van der Waals surface area contributed by atoms with E-state index in [-0.39, 0.29) is 0 Å². The Bertz CT molecular complexity index is 201. The van der Waals surface area contributed by atoms with Gasteiger partial charge in [0.05, 0.1) is 0 Å². The molecule has 1 aliphatic rings. The molecule has 0 saturated carbocycles. The minimum absolute atomic E-state index is 0.413. The Morgan fingerprint density at radius 2 is 1.94 bits per heavy atom. The first-order chi connectivity index (χ1) is 7.89. The molecule has 2 N–H and O–H groups in total. The smallest absolute Gasteiger partial charge is 0.00817 e. The van der Waals surface area contributed by atoms with E-state index in [2.05, 4.69) is 45.3 Å². The zero-order valence-electron chi connectivity index (χ0n) is 12.5. The molecule has 2 nitrogen and oxygen atoms in total. The third-order valence-electron chi connectivity index (χ3n) is 4.30. The summed E-state index contributed by atoms with van der Waals surface area (Å²) in [6, 6.07) is 1.38. The highest BCUT2D eigenvalue weighted by Crippen LogP contribution is 2.24. The molecule has 0 spiro atoms. The van der Waals surface area contributed by atoms with Crippen LogP contribution >= 0.6 is 0 Å². The second-order valence-electron chi connectivity index (χ2n) is 6.96. The zero-order chi connectivity index (χ0) is 12.9. The molecule has 3 unspecified atom stereocenters. The number of nitrogens with one attached hydrogen (secondary N) is 2. The van der Waals surface area contributed by atoms with Gasteiger partial charge >= 0.3 is 0 Å². The van der Waals surface area contributed by atoms with E-state index >= 15 is 0 Å². The van der Waals surface area contributed by atoms with Gasteiger partial charge in [-0.15, -0.1) is 0 Å². The van der Waals surface area contributed by atoms with Gasteiger partial charge in [0.1, 0.15) is 0 Å². The lowest BCUT2D eigenvalue weighted by Gasteiger charge is -2.31. The van der Waals surface area contributed by atoms with Gasteiger partial charge in [0.15, 0.2) is 0 Å². The lowest BCUT2D eigenvalue weighted by Crippen LogP contribution is -2.41. The van der Waals surface area contributed by atoms with E-state index in [1.807, 2.05) is 0 Å². The predicted molar refractivity (Wildman–Crippen MR) is 76.3 cm³/mol. The predicted octanol–water partition coefficient (Wildman–Crippen LogP) is 3.18. The number of rotatable bonds is 5. The molecule has 2 heteroatoms. The van der Waals surface area contributed by atoms with Crippen molar-refractivity contribution >= 4 is 0 Å². The quantitative estimate of drug-likeness (QED) is 0.771. The molecule has 3 atom stereocenters. The van der Waals surface area contributed by atoms with Crippen molar-refractivity contribution in [2.75, 3.05) is 13.1 Å². The first-order valence-corrected chi connectivity index (χ1v) is 7.36. The fourth-order valence-electron chi connectivity index (χ4n) is 2.32. The summed E-state index contributed by atoms with van der Waals surface area (Å²) in [5.74, 6) is 0.726. The summed E-state index contributed by atoms with van der Waals surface area (Å²) >= 11 is 0. The second-order valence-corrected chi connectivity index (χ2v) is 6.96. The summed E-state index contributed by atoms with van der Waals surface area (Å²) in [5, 5.41) is 7.32. The van der Waals surface area contributed by atoms with Crippen LogP contribution in [-0.4, -0.2) is 25.2 Å². The topological polar surface area (TPSA) is 24.1 Å². The van der Waals surface area contributed by atoms with Crippen LogP contribution in [0.25, 0.3) is 0 Å². The van der Waals surface area contributed by atoms with Crippen LogP contribution in [0.3, 0.4) is 0 Å². The highest BCUT2D eigenvalue weighted by atomic mass is 15.0. The van der Waals surface area contributed by atoms with Gasteiger partial charge in [-0.25, -0.2) is 0 Å². The van der Waals surface area contributed by atoms with Crippen molar-refractivity contribution in [2.45, 2.75) is 72.4 Å². The Balaban J connectivity index is 2.18. The maximum absolute atomic E-state index is 3.70. The summed E-state index contributed by atoms with van der Waals surface area (Å²) in [7, 11) is 0. The highest BCUT2D eigenvalue weighted by Gasteiger charge is 2.21. The molecule has 0 bridgehead atoms. The maximum Gasteiger partial charge on any atom is 0.00817 e. The van der Waals surface area contributed by atoms with Gasteiger partial charge in [-0.05, 0) is 50.6 Å². The van der Waals surface area contributed by atoms with Crippen molar-refractivity contribution in [3.63, 3.8) is 0 Å². The molecule has 1 rings (SSSR count). The number of piperidine rings is 1. The third-order valence-corrected chi connectivity index (χ3v) is 4.30. The van der Waals surface area contributed by atoms with E-state index in [0.29, 0.717) is 11.5 Å². The molecule has 0 aromatic carbocycles. The largest absolute Gasteiger partial charge is 0.314 e. The monoisotopic (exact) mass is 240 g/mol. The van der Waals surface area contributed by atoms with E-state index in [1.54, 1.807) is 0 Å². The number of hydrogen-bond donors (Lipinski definition) is 2. The molecule has 1 fully saturated rings. The van der Waals surface area contributed by atoms with Crippen LogP contribution < -0.4 is 10.6 Å². The lowest BCUT2D eigenvalue weighted by atomic mass is 9.82. The summed E-state index contributed by atoms with van der Waals surface area (Å²) in [4.78, 5) is 0. The average Bonchev–Trinajstić information content (AvgIpc) is 2.26. The minimum Gasteiger partial charge on any atom is -0.314 e. The van der Waals surface area contributed by atoms with Gasteiger partial charge in [-0.1, -0.05) is 34.1 Å². The SMILES string of the molecule is CC(CC1CCCCN1)NCC(C)C(C)(C)C. The van der Waals surface area contributed by atoms with Gasteiger partial charge in [0.2, 0.25) is 0 Å². The Hall–Kier alpha value is -0.0800. The van der Waals surface area contributed by atoms with E-state index in [9.17, 15) is 0 Å². The van der Waals surface area contributed by atoms with Crippen LogP contribution in [0.1, 0.15) is 60.3 Å². The maximum atomic E-state index is 3.70. The van der Waals surface area contributed by atoms with Crippen LogP contribution in [-0.2, 0) is 0 Å². The van der Waals surface area contributed by atoms with Gasteiger partial charge in [0, 0.05) is 12.1 Å². The van der Waals surface area contributed by atoms with Crippen molar-refractivity contribution < 1.29 is 0 Å². The van der Waals surface area contributed by atoms with Crippen LogP contribution in [0.15, 0.2) is 0 Å². The van der Waals surface area contributed by atoms with Crippen LogP contribution in [0.2, 0.25) is 0 Å².